The van der Waals surface area contributed by atoms with Crippen LogP contribution in [0.3, 0.4) is 0 Å². The molecule has 0 fully saturated rings. The number of benzene rings is 1. The van der Waals surface area contributed by atoms with Gasteiger partial charge >= 0.3 is 0 Å². The van der Waals surface area contributed by atoms with E-state index >= 15 is 4.57 Å². The molecule has 3 nitrogen and oxygen atoms in total. The predicted octanol–water partition coefficient (Wildman–Crippen LogP) is 9.91. The summed E-state index contributed by atoms with van der Waals surface area (Å²) < 4.78 is 20.4. The second-order valence-electron chi connectivity index (χ2n) is 14.7. The van der Waals surface area contributed by atoms with Crippen molar-refractivity contribution in [3.8, 4) is 0 Å². The molecule has 0 spiro atoms. The molecule has 0 N–H and O–H groups in total. The van der Waals surface area contributed by atoms with Gasteiger partial charge in [-0.05, 0) is 96.5 Å². The van der Waals surface area contributed by atoms with Gasteiger partial charge in [0.25, 0.3) is 7.44 Å². The molecule has 0 aliphatic rings. The van der Waals surface area contributed by atoms with Crippen LogP contribution >= 0.6 is 27.2 Å². The highest BCUT2D eigenvalue weighted by Gasteiger charge is 2.46. The molecular formula is C31H57ClN2OP2. The van der Waals surface area contributed by atoms with E-state index in [9.17, 15) is 0 Å². The molecule has 214 valence electrons. The van der Waals surface area contributed by atoms with Crippen molar-refractivity contribution in [2.24, 2.45) is 0 Å². The Hall–Kier alpha value is -0.170. The van der Waals surface area contributed by atoms with Crippen LogP contribution in [0.25, 0.3) is 0 Å². The monoisotopic (exact) mass is 570 g/mol. The summed E-state index contributed by atoms with van der Waals surface area (Å²) in [6.45, 7) is 37.5. The van der Waals surface area contributed by atoms with Crippen LogP contribution in [0, 0.1) is 0 Å². The number of hydrogen-bond acceptors (Lipinski definition) is 1. The largest absolute Gasteiger partial charge is 0.282 e. The molecule has 6 heteroatoms. The summed E-state index contributed by atoms with van der Waals surface area (Å²) in [5.74, 6) is 0. The standard InChI is InChI=1S/C31H57ClN2OP2/c1-20(2)33(21(3)4)37(35,34(22(5)6)23(7)8)28(32)36-27-25(30(12,13)14)18-24(29(9,10)11)19-26(27)31(15,16)17/h18-23H,1-17H3. The minimum atomic E-state index is -3.27. The highest BCUT2D eigenvalue weighted by atomic mass is 35.5. The van der Waals surface area contributed by atoms with Crippen LogP contribution < -0.4 is 5.30 Å². The Morgan fingerprint density at radius 2 is 0.973 bits per heavy atom. The molecule has 0 aliphatic heterocycles. The van der Waals surface area contributed by atoms with Crippen LogP contribution in [0.15, 0.2) is 12.1 Å². The number of hydrogen-bond donors (Lipinski definition) is 0. The number of halogens is 1. The lowest BCUT2D eigenvalue weighted by atomic mass is 9.75. The van der Waals surface area contributed by atoms with E-state index in [-0.39, 0.29) is 40.4 Å². The topological polar surface area (TPSA) is 23.6 Å². The fraction of sp³-hybridized carbons (Fsp3) is 0.774. The van der Waals surface area contributed by atoms with Crippen LogP contribution in [0.1, 0.15) is 134 Å². The first-order valence-corrected chi connectivity index (χ1v) is 16.9. The average molecular weight is 571 g/mol. The zero-order chi connectivity index (χ0) is 29.5. The maximum Gasteiger partial charge on any atom is 0.262 e. The van der Waals surface area contributed by atoms with Gasteiger partial charge in [-0.15, -0.1) is 0 Å². The Bertz CT molecular complexity index is 931. The van der Waals surface area contributed by atoms with Crippen molar-refractivity contribution >= 4 is 37.0 Å². The van der Waals surface area contributed by atoms with Gasteiger partial charge in [-0.3, -0.25) is 4.57 Å². The summed E-state index contributed by atoms with van der Waals surface area (Å²) in [6.07, 6.45) is 0. The first-order chi connectivity index (χ1) is 16.4. The molecule has 0 amide bonds. The smallest absolute Gasteiger partial charge is 0.262 e. The molecule has 0 saturated heterocycles. The van der Waals surface area contributed by atoms with Gasteiger partial charge < -0.3 is 0 Å². The molecule has 0 atom stereocenters. The third-order valence-electron chi connectivity index (χ3n) is 6.78. The van der Waals surface area contributed by atoms with E-state index in [0.717, 1.165) is 8.20 Å². The third kappa shape index (κ3) is 7.95. The van der Waals surface area contributed by atoms with Gasteiger partial charge in [0.2, 0.25) is 0 Å². The summed E-state index contributed by atoms with van der Waals surface area (Å²) in [5.41, 5.74) is 3.76. The summed E-state index contributed by atoms with van der Waals surface area (Å²) in [6, 6.07) is 5.09. The van der Waals surface area contributed by atoms with E-state index in [2.05, 4.69) is 139 Å². The van der Waals surface area contributed by atoms with Gasteiger partial charge in [0.15, 0.2) is 0 Å². The Kier molecular flexibility index (Phi) is 11.4. The van der Waals surface area contributed by atoms with Crippen LogP contribution in [-0.2, 0) is 20.8 Å². The lowest BCUT2D eigenvalue weighted by Gasteiger charge is -2.46. The average Bonchev–Trinajstić information content (AvgIpc) is 2.63. The Morgan fingerprint density at radius 1 is 0.676 bits per heavy atom. The maximum atomic E-state index is 15.5. The van der Waals surface area contributed by atoms with Crippen LogP contribution in [0.2, 0.25) is 0 Å². The summed E-state index contributed by atoms with van der Waals surface area (Å²) in [4.78, 5) is 0. The Morgan fingerprint density at radius 3 is 1.19 bits per heavy atom. The Balaban J connectivity index is 4.32. The first-order valence-electron chi connectivity index (χ1n) is 14.0. The van der Waals surface area contributed by atoms with E-state index in [1.807, 2.05) is 0 Å². The van der Waals surface area contributed by atoms with Gasteiger partial charge in [0, 0.05) is 29.5 Å². The molecule has 0 heterocycles. The van der Waals surface area contributed by atoms with Crippen molar-refractivity contribution in [3.05, 3.63) is 28.8 Å². The van der Waals surface area contributed by atoms with Crippen molar-refractivity contribution in [1.82, 2.24) is 9.34 Å². The summed E-state index contributed by atoms with van der Waals surface area (Å²) >= 11 is 7.42. The number of rotatable bonds is 8. The molecule has 1 rings (SSSR count). The SMILES string of the molecule is CC(C)N(C(C)C)P(=O)(C(Cl)=Pc1c(C(C)(C)C)cc(C(C)(C)C)cc1C(C)(C)C)N(C(C)C)C(C)C. The zero-order valence-electron chi connectivity index (χ0n) is 27.0. The fourth-order valence-electron chi connectivity index (χ4n) is 5.24. The normalized spacial score (nSPS) is 14.9. The molecule has 0 bridgehead atoms. The van der Waals surface area contributed by atoms with Crippen molar-refractivity contribution in [3.63, 3.8) is 0 Å². The minimum absolute atomic E-state index is 0.0242. The molecule has 1 aromatic rings. The summed E-state index contributed by atoms with van der Waals surface area (Å²) in [5, 5.41) is 1.21. The predicted molar refractivity (Wildman–Crippen MR) is 172 cm³/mol. The van der Waals surface area contributed by atoms with E-state index in [1.165, 1.54) is 22.0 Å². The first kappa shape index (κ1) is 34.9. The van der Waals surface area contributed by atoms with Crippen molar-refractivity contribution in [2.75, 3.05) is 0 Å². The van der Waals surface area contributed by atoms with Crippen LogP contribution in [0.5, 0.6) is 0 Å². The number of nitrogens with zero attached hydrogens (tertiary/aromatic N) is 2. The van der Waals surface area contributed by atoms with Crippen LogP contribution in [0.4, 0.5) is 0 Å². The second-order valence-corrected chi connectivity index (χ2v) is 19.6. The quantitative estimate of drug-likeness (QED) is 0.290. The van der Waals surface area contributed by atoms with Crippen LogP contribution in [-0.4, -0.2) is 38.0 Å². The van der Waals surface area contributed by atoms with Gasteiger partial charge in [0.1, 0.15) is 4.49 Å². The lowest BCUT2D eigenvalue weighted by molar-refractivity contribution is 0.233. The maximum absolute atomic E-state index is 15.5. The van der Waals surface area contributed by atoms with Crippen molar-refractivity contribution in [1.29, 1.82) is 0 Å². The second kappa shape index (κ2) is 12.1. The summed E-state index contributed by atoms with van der Waals surface area (Å²) in [7, 11) is -2.43. The molecule has 1 aromatic carbocycles. The van der Waals surface area contributed by atoms with E-state index in [0.29, 0.717) is 4.49 Å². The minimum Gasteiger partial charge on any atom is -0.282 e. The highest BCUT2D eigenvalue weighted by molar-refractivity contribution is 7.92. The molecule has 0 radical (unpaired) electrons. The van der Waals surface area contributed by atoms with E-state index in [4.69, 9.17) is 11.6 Å². The fourth-order valence-corrected chi connectivity index (χ4v) is 11.8. The molecule has 0 aliphatic carbocycles. The van der Waals surface area contributed by atoms with E-state index < -0.39 is 7.44 Å². The zero-order valence-corrected chi connectivity index (χ0v) is 29.6. The van der Waals surface area contributed by atoms with Gasteiger partial charge in [-0.2, -0.15) is 0 Å². The van der Waals surface area contributed by atoms with E-state index in [1.54, 1.807) is 0 Å². The van der Waals surface area contributed by atoms with Gasteiger partial charge in [-0.25, -0.2) is 9.34 Å². The molecular weight excluding hydrogens is 514 g/mol. The van der Waals surface area contributed by atoms with Crippen molar-refractivity contribution in [2.45, 2.75) is 158 Å². The highest BCUT2D eigenvalue weighted by Crippen LogP contribution is 2.61. The molecule has 0 aromatic heterocycles. The van der Waals surface area contributed by atoms with Gasteiger partial charge in [-0.1, -0.05) is 86.0 Å². The van der Waals surface area contributed by atoms with Crippen molar-refractivity contribution < 1.29 is 4.57 Å². The lowest BCUT2D eigenvalue weighted by Crippen LogP contribution is -2.46. The molecule has 0 saturated carbocycles. The Labute approximate surface area is 237 Å². The molecule has 0 unspecified atom stereocenters. The molecule has 37 heavy (non-hydrogen) atoms. The van der Waals surface area contributed by atoms with Gasteiger partial charge in [0.05, 0.1) is 0 Å². The third-order valence-corrected chi connectivity index (χ3v) is 13.2.